The molecule has 1 aliphatic heterocycles. The van der Waals surface area contributed by atoms with E-state index in [-0.39, 0.29) is 5.91 Å². The Morgan fingerprint density at radius 1 is 1.47 bits per heavy atom. The summed E-state index contributed by atoms with van der Waals surface area (Å²) in [5, 5.41) is 1.94. The quantitative estimate of drug-likeness (QED) is 0.428. The van der Waals surface area contributed by atoms with Crippen molar-refractivity contribution in [2.24, 2.45) is 10.8 Å². The van der Waals surface area contributed by atoms with Crippen LogP contribution in [0.1, 0.15) is 10.4 Å². The molecule has 1 aromatic rings. The summed E-state index contributed by atoms with van der Waals surface area (Å²) in [4.78, 5) is 16.5. The molecule has 0 spiro atoms. The minimum absolute atomic E-state index is 0.310. The van der Waals surface area contributed by atoms with Gasteiger partial charge in [0.2, 0.25) is 0 Å². The lowest BCUT2D eigenvalue weighted by Gasteiger charge is -2.04. The number of fused-ring (bicyclic) bond motifs is 1. The number of benzene rings is 1. The molecule has 0 unspecified atom stereocenters. The van der Waals surface area contributed by atoms with Crippen LogP contribution in [-0.2, 0) is 0 Å². The SMILES string of the molecule is NNC(=O)c1ccc2c(c1)N=CC=CS2. The van der Waals surface area contributed by atoms with E-state index in [0.29, 0.717) is 5.56 Å². The average Bonchev–Trinajstić information content (AvgIpc) is 2.51. The van der Waals surface area contributed by atoms with Gasteiger partial charge in [0.1, 0.15) is 0 Å². The summed E-state index contributed by atoms with van der Waals surface area (Å²) in [5.41, 5.74) is 3.38. The molecule has 0 fully saturated rings. The highest BCUT2D eigenvalue weighted by Gasteiger charge is 2.08. The number of rotatable bonds is 1. The highest BCUT2D eigenvalue weighted by molar-refractivity contribution is 8.02. The Bertz CT molecular complexity index is 454. The maximum absolute atomic E-state index is 11.3. The highest BCUT2D eigenvalue weighted by atomic mass is 32.2. The first-order valence-electron chi connectivity index (χ1n) is 4.32. The van der Waals surface area contributed by atoms with E-state index < -0.39 is 0 Å². The van der Waals surface area contributed by atoms with Crippen LogP contribution >= 0.6 is 11.8 Å². The fraction of sp³-hybridized carbons (Fsp3) is 0. The van der Waals surface area contributed by atoms with Gasteiger partial charge in [-0.05, 0) is 29.7 Å². The van der Waals surface area contributed by atoms with Gasteiger partial charge < -0.3 is 0 Å². The van der Waals surface area contributed by atoms with E-state index in [2.05, 4.69) is 10.4 Å². The predicted octanol–water partition coefficient (Wildman–Crippen LogP) is 1.61. The summed E-state index contributed by atoms with van der Waals surface area (Å²) in [6, 6.07) is 5.30. The molecule has 0 atom stereocenters. The number of hydrogen-bond donors (Lipinski definition) is 2. The number of amides is 1. The van der Waals surface area contributed by atoms with E-state index in [1.54, 1.807) is 30.1 Å². The number of hydrogen-bond acceptors (Lipinski definition) is 4. The van der Waals surface area contributed by atoms with Crippen LogP contribution < -0.4 is 11.3 Å². The van der Waals surface area contributed by atoms with Gasteiger partial charge in [0, 0.05) is 16.7 Å². The number of nitrogens with two attached hydrogens (primary N) is 1. The minimum Gasteiger partial charge on any atom is -0.290 e. The third-order valence-corrected chi connectivity index (χ3v) is 2.82. The van der Waals surface area contributed by atoms with E-state index >= 15 is 0 Å². The van der Waals surface area contributed by atoms with E-state index in [4.69, 9.17) is 5.84 Å². The third kappa shape index (κ3) is 2.08. The van der Waals surface area contributed by atoms with Gasteiger partial charge in [0.25, 0.3) is 5.91 Å². The van der Waals surface area contributed by atoms with Gasteiger partial charge in [-0.3, -0.25) is 15.2 Å². The van der Waals surface area contributed by atoms with Crippen molar-refractivity contribution in [3.8, 4) is 0 Å². The van der Waals surface area contributed by atoms with Gasteiger partial charge in [0.15, 0.2) is 0 Å². The number of aliphatic imine (C=N–C) groups is 1. The topological polar surface area (TPSA) is 67.5 Å². The van der Waals surface area contributed by atoms with Gasteiger partial charge in [-0.1, -0.05) is 11.8 Å². The molecule has 1 heterocycles. The molecule has 2 rings (SSSR count). The second kappa shape index (κ2) is 4.29. The molecular weight excluding hydrogens is 210 g/mol. The zero-order valence-electron chi connectivity index (χ0n) is 7.81. The Balaban J connectivity index is 2.42. The Labute approximate surface area is 91.2 Å². The number of carbonyl (C=O) groups is 1. The smallest absolute Gasteiger partial charge is 0.265 e. The molecule has 76 valence electrons. The zero-order chi connectivity index (χ0) is 10.7. The summed E-state index contributed by atoms with van der Waals surface area (Å²) < 4.78 is 0. The summed E-state index contributed by atoms with van der Waals surface area (Å²) in [7, 11) is 0. The van der Waals surface area contributed by atoms with Crippen LogP contribution in [0.3, 0.4) is 0 Å². The lowest BCUT2D eigenvalue weighted by Crippen LogP contribution is -2.29. The third-order valence-electron chi connectivity index (χ3n) is 1.93. The second-order valence-electron chi connectivity index (χ2n) is 2.88. The standard InChI is InChI=1S/C10H9N3OS/c11-13-10(14)7-2-3-9-8(6-7)12-4-1-5-15-9/h1-6H,11H2,(H,13,14). The number of thioether (sulfide) groups is 1. The van der Waals surface area contributed by atoms with Crippen molar-refractivity contribution in [2.45, 2.75) is 4.90 Å². The molecule has 0 aliphatic carbocycles. The van der Waals surface area contributed by atoms with Crippen LogP contribution in [0.25, 0.3) is 0 Å². The number of allylic oxidation sites excluding steroid dienone is 1. The first-order valence-corrected chi connectivity index (χ1v) is 5.20. The summed E-state index contributed by atoms with van der Waals surface area (Å²) in [6.07, 6.45) is 3.55. The van der Waals surface area contributed by atoms with E-state index in [9.17, 15) is 4.79 Å². The molecule has 15 heavy (non-hydrogen) atoms. The molecule has 5 heteroatoms. The van der Waals surface area contributed by atoms with Crippen LogP contribution in [-0.4, -0.2) is 12.1 Å². The molecule has 1 aliphatic rings. The number of carbonyl (C=O) groups excluding carboxylic acids is 1. The molecule has 0 bridgehead atoms. The highest BCUT2D eigenvalue weighted by Crippen LogP contribution is 2.32. The zero-order valence-corrected chi connectivity index (χ0v) is 8.62. The summed E-state index contributed by atoms with van der Waals surface area (Å²) in [6.45, 7) is 0. The molecule has 1 aromatic carbocycles. The molecule has 3 N–H and O–H groups in total. The molecule has 1 amide bonds. The van der Waals surface area contributed by atoms with Crippen molar-refractivity contribution in [1.82, 2.24) is 5.43 Å². The lowest BCUT2D eigenvalue weighted by atomic mass is 10.2. The van der Waals surface area contributed by atoms with Crippen molar-refractivity contribution in [3.63, 3.8) is 0 Å². The number of hydrazine groups is 1. The molecule has 4 nitrogen and oxygen atoms in total. The average molecular weight is 219 g/mol. The number of nitrogens with zero attached hydrogens (tertiary/aromatic N) is 1. The Morgan fingerprint density at radius 2 is 2.33 bits per heavy atom. The van der Waals surface area contributed by atoms with E-state index in [1.165, 1.54) is 0 Å². The van der Waals surface area contributed by atoms with Crippen molar-refractivity contribution >= 4 is 29.6 Å². The first-order chi connectivity index (χ1) is 7.31. The molecule has 0 aromatic heterocycles. The van der Waals surface area contributed by atoms with Crippen LogP contribution in [0.5, 0.6) is 0 Å². The van der Waals surface area contributed by atoms with Gasteiger partial charge in [-0.2, -0.15) is 0 Å². The van der Waals surface area contributed by atoms with Crippen LogP contribution in [0, 0.1) is 0 Å². The van der Waals surface area contributed by atoms with Crippen molar-refractivity contribution in [1.29, 1.82) is 0 Å². The van der Waals surface area contributed by atoms with Gasteiger partial charge in [-0.15, -0.1) is 0 Å². The predicted molar refractivity (Wildman–Crippen MR) is 61.2 cm³/mol. The molecule has 0 saturated carbocycles. The maximum atomic E-state index is 11.3. The number of nitrogens with one attached hydrogen (secondary N) is 1. The maximum Gasteiger partial charge on any atom is 0.265 e. The summed E-state index contributed by atoms with van der Waals surface area (Å²) in [5.74, 6) is 4.75. The normalized spacial score (nSPS) is 13.1. The fourth-order valence-corrected chi connectivity index (χ4v) is 1.89. The van der Waals surface area contributed by atoms with E-state index in [0.717, 1.165) is 10.6 Å². The Kier molecular flexibility index (Phi) is 2.84. The summed E-state index contributed by atoms with van der Waals surface area (Å²) >= 11 is 1.57. The van der Waals surface area contributed by atoms with Crippen LogP contribution in [0.4, 0.5) is 5.69 Å². The first kappa shape index (κ1) is 9.95. The fourth-order valence-electron chi connectivity index (χ4n) is 1.21. The van der Waals surface area contributed by atoms with Crippen LogP contribution in [0.15, 0.2) is 39.6 Å². The Morgan fingerprint density at radius 3 is 3.13 bits per heavy atom. The Hall–Kier alpha value is -1.59. The van der Waals surface area contributed by atoms with Gasteiger partial charge in [-0.25, -0.2) is 5.84 Å². The minimum atomic E-state index is -0.310. The van der Waals surface area contributed by atoms with Gasteiger partial charge >= 0.3 is 0 Å². The monoisotopic (exact) mass is 219 g/mol. The molecular formula is C10H9N3OS. The van der Waals surface area contributed by atoms with E-state index in [1.807, 2.05) is 17.6 Å². The number of nitrogen functional groups attached to an aromatic ring is 1. The second-order valence-corrected chi connectivity index (χ2v) is 3.83. The van der Waals surface area contributed by atoms with Gasteiger partial charge in [0.05, 0.1) is 5.69 Å². The largest absolute Gasteiger partial charge is 0.290 e. The lowest BCUT2D eigenvalue weighted by molar-refractivity contribution is 0.0953. The van der Waals surface area contributed by atoms with Crippen molar-refractivity contribution in [2.75, 3.05) is 0 Å². The van der Waals surface area contributed by atoms with Crippen molar-refractivity contribution in [3.05, 3.63) is 35.2 Å². The molecule has 0 radical (unpaired) electrons. The van der Waals surface area contributed by atoms with Crippen molar-refractivity contribution < 1.29 is 4.79 Å². The molecule has 0 saturated heterocycles. The van der Waals surface area contributed by atoms with Crippen LogP contribution in [0.2, 0.25) is 0 Å².